The molecular formula is C17H22N2. The standard InChI is InChI=1S/C17H22N2/c1-12(2)14-8-7-9-15(13(3)4)17(14)19-16-10-5-6-11-18-16/h5-13H,1-4H3,(H,18,19). The van der Waals surface area contributed by atoms with Crippen molar-refractivity contribution in [3.8, 4) is 0 Å². The van der Waals surface area contributed by atoms with E-state index in [9.17, 15) is 0 Å². The number of hydrogen-bond donors (Lipinski definition) is 1. The molecule has 0 aliphatic heterocycles. The van der Waals surface area contributed by atoms with Gasteiger partial charge in [-0.05, 0) is 35.1 Å². The molecule has 0 spiro atoms. The summed E-state index contributed by atoms with van der Waals surface area (Å²) >= 11 is 0. The quantitative estimate of drug-likeness (QED) is 0.823. The summed E-state index contributed by atoms with van der Waals surface area (Å²) in [6.45, 7) is 8.90. The third kappa shape index (κ3) is 3.14. The van der Waals surface area contributed by atoms with E-state index < -0.39 is 0 Å². The summed E-state index contributed by atoms with van der Waals surface area (Å²) in [5, 5.41) is 3.49. The van der Waals surface area contributed by atoms with Gasteiger partial charge in [0.05, 0.1) is 0 Å². The van der Waals surface area contributed by atoms with E-state index in [0.717, 1.165) is 5.82 Å². The molecule has 2 nitrogen and oxygen atoms in total. The highest BCUT2D eigenvalue weighted by Crippen LogP contribution is 2.33. The van der Waals surface area contributed by atoms with Crippen LogP contribution in [0.5, 0.6) is 0 Å². The van der Waals surface area contributed by atoms with Crippen molar-refractivity contribution in [2.75, 3.05) is 5.32 Å². The number of pyridine rings is 1. The summed E-state index contributed by atoms with van der Waals surface area (Å²) in [5.41, 5.74) is 3.90. The van der Waals surface area contributed by atoms with E-state index in [1.54, 1.807) is 0 Å². The normalized spacial score (nSPS) is 11.1. The molecule has 0 saturated heterocycles. The Morgan fingerprint density at radius 1 is 0.842 bits per heavy atom. The Hall–Kier alpha value is -1.83. The van der Waals surface area contributed by atoms with Gasteiger partial charge in [-0.3, -0.25) is 0 Å². The molecule has 1 N–H and O–H groups in total. The van der Waals surface area contributed by atoms with Gasteiger partial charge in [-0.25, -0.2) is 4.98 Å². The van der Waals surface area contributed by atoms with Crippen molar-refractivity contribution in [3.63, 3.8) is 0 Å². The third-order valence-electron chi connectivity index (χ3n) is 3.29. The highest BCUT2D eigenvalue weighted by molar-refractivity contribution is 5.66. The fraction of sp³-hybridized carbons (Fsp3) is 0.353. The van der Waals surface area contributed by atoms with Crippen LogP contribution in [0.3, 0.4) is 0 Å². The highest BCUT2D eigenvalue weighted by Gasteiger charge is 2.13. The van der Waals surface area contributed by atoms with E-state index >= 15 is 0 Å². The lowest BCUT2D eigenvalue weighted by molar-refractivity contribution is 0.838. The summed E-state index contributed by atoms with van der Waals surface area (Å²) in [6.07, 6.45) is 1.81. The Balaban J connectivity index is 2.46. The number of rotatable bonds is 4. The van der Waals surface area contributed by atoms with Gasteiger partial charge in [0, 0.05) is 11.9 Å². The number of para-hydroxylation sites is 1. The molecule has 2 aromatic rings. The molecule has 0 saturated carbocycles. The maximum atomic E-state index is 4.36. The van der Waals surface area contributed by atoms with Crippen LogP contribution in [-0.2, 0) is 0 Å². The summed E-state index contributed by atoms with van der Waals surface area (Å²) in [4.78, 5) is 4.36. The fourth-order valence-corrected chi connectivity index (χ4v) is 2.26. The second-order valence-corrected chi connectivity index (χ2v) is 5.46. The van der Waals surface area contributed by atoms with Crippen molar-refractivity contribution in [3.05, 3.63) is 53.7 Å². The molecule has 0 fully saturated rings. The average molecular weight is 254 g/mol. The molecule has 1 heterocycles. The number of nitrogens with zero attached hydrogens (tertiary/aromatic N) is 1. The van der Waals surface area contributed by atoms with Gasteiger partial charge in [0.1, 0.15) is 5.82 Å². The molecule has 0 radical (unpaired) electrons. The van der Waals surface area contributed by atoms with Crippen LogP contribution in [0.15, 0.2) is 42.6 Å². The summed E-state index contributed by atoms with van der Waals surface area (Å²) in [7, 11) is 0. The van der Waals surface area contributed by atoms with E-state index in [0.29, 0.717) is 11.8 Å². The van der Waals surface area contributed by atoms with Gasteiger partial charge < -0.3 is 5.32 Å². The lowest BCUT2D eigenvalue weighted by Crippen LogP contribution is -2.04. The van der Waals surface area contributed by atoms with Gasteiger partial charge in [-0.1, -0.05) is 52.0 Å². The lowest BCUT2D eigenvalue weighted by atomic mass is 9.92. The molecular weight excluding hydrogens is 232 g/mol. The Labute approximate surface area is 115 Å². The zero-order valence-corrected chi connectivity index (χ0v) is 12.1. The second-order valence-electron chi connectivity index (χ2n) is 5.46. The first-order valence-electron chi connectivity index (χ1n) is 6.90. The van der Waals surface area contributed by atoms with Crippen molar-refractivity contribution >= 4 is 11.5 Å². The zero-order chi connectivity index (χ0) is 13.8. The second kappa shape index (κ2) is 5.87. The van der Waals surface area contributed by atoms with Crippen molar-refractivity contribution < 1.29 is 0 Å². The van der Waals surface area contributed by atoms with Crippen LogP contribution in [0.25, 0.3) is 0 Å². The predicted molar refractivity (Wildman–Crippen MR) is 82.1 cm³/mol. The monoisotopic (exact) mass is 254 g/mol. The number of anilines is 2. The summed E-state index contributed by atoms with van der Waals surface area (Å²) in [6, 6.07) is 12.5. The molecule has 2 heteroatoms. The van der Waals surface area contributed by atoms with Crippen LogP contribution < -0.4 is 5.32 Å². The first-order chi connectivity index (χ1) is 9.09. The smallest absolute Gasteiger partial charge is 0.130 e. The number of benzene rings is 1. The molecule has 0 aliphatic carbocycles. The predicted octanol–water partition coefficient (Wildman–Crippen LogP) is 5.07. The van der Waals surface area contributed by atoms with Gasteiger partial charge in [0.2, 0.25) is 0 Å². The largest absolute Gasteiger partial charge is 0.340 e. The molecule has 100 valence electrons. The Kier molecular flexibility index (Phi) is 4.20. The van der Waals surface area contributed by atoms with Gasteiger partial charge in [0.15, 0.2) is 0 Å². The molecule has 0 unspecified atom stereocenters. The van der Waals surface area contributed by atoms with E-state index in [1.165, 1.54) is 16.8 Å². The van der Waals surface area contributed by atoms with Crippen LogP contribution in [0.2, 0.25) is 0 Å². The van der Waals surface area contributed by atoms with Crippen LogP contribution >= 0.6 is 0 Å². The van der Waals surface area contributed by atoms with Gasteiger partial charge in [-0.2, -0.15) is 0 Å². The fourth-order valence-electron chi connectivity index (χ4n) is 2.26. The zero-order valence-electron chi connectivity index (χ0n) is 12.1. The van der Waals surface area contributed by atoms with Crippen molar-refractivity contribution in [2.45, 2.75) is 39.5 Å². The minimum Gasteiger partial charge on any atom is -0.340 e. The van der Waals surface area contributed by atoms with Crippen LogP contribution in [0.1, 0.15) is 50.7 Å². The van der Waals surface area contributed by atoms with Crippen LogP contribution in [0.4, 0.5) is 11.5 Å². The summed E-state index contributed by atoms with van der Waals surface area (Å²) < 4.78 is 0. The molecule has 1 aromatic heterocycles. The minimum atomic E-state index is 0.491. The van der Waals surface area contributed by atoms with Gasteiger partial charge in [-0.15, -0.1) is 0 Å². The maximum Gasteiger partial charge on any atom is 0.130 e. The number of nitrogens with one attached hydrogen (secondary N) is 1. The minimum absolute atomic E-state index is 0.491. The lowest BCUT2D eigenvalue weighted by Gasteiger charge is -2.20. The van der Waals surface area contributed by atoms with Crippen molar-refractivity contribution in [2.24, 2.45) is 0 Å². The average Bonchev–Trinajstić information content (AvgIpc) is 2.39. The van der Waals surface area contributed by atoms with Crippen LogP contribution in [0, 0.1) is 0 Å². The molecule has 2 rings (SSSR count). The first-order valence-corrected chi connectivity index (χ1v) is 6.90. The Morgan fingerprint density at radius 3 is 1.95 bits per heavy atom. The third-order valence-corrected chi connectivity index (χ3v) is 3.29. The van der Waals surface area contributed by atoms with Crippen molar-refractivity contribution in [1.29, 1.82) is 0 Å². The van der Waals surface area contributed by atoms with Gasteiger partial charge >= 0.3 is 0 Å². The Morgan fingerprint density at radius 2 is 1.47 bits per heavy atom. The first kappa shape index (κ1) is 13.6. The van der Waals surface area contributed by atoms with E-state index in [-0.39, 0.29) is 0 Å². The molecule has 0 aliphatic rings. The Bertz CT molecular complexity index is 504. The number of hydrogen-bond acceptors (Lipinski definition) is 2. The van der Waals surface area contributed by atoms with E-state index in [4.69, 9.17) is 0 Å². The van der Waals surface area contributed by atoms with Crippen LogP contribution in [-0.4, -0.2) is 4.98 Å². The van der Waals surface area contributed by atoms with E-state index in [2.05, 4.69) is 56.2 Å². The molecule has 19 heavy (non-hydrogen) atoms. The summed E-state index contributed by atoms with van der Waals surface area (Å²) in [5.74, 6) is 1.88. The maximum absolute atomic E-state index is 4.36. The van der Waals surface area contributed by atoms with E-state index in [1.807, 2.05) is 24.4 Å². The highest BCUT2D eigenvalue weighted by atomic mass is 15.0. The van der Waals surface area contributed by atoms with Crippen molar-refractivity contribution in [1.82, 2.24) is 4.98 Å². The molecule has 0 atom stereocenters. The number of aromatic nitrogens is 1. The topological polar surface area (TPSA) is 24.9 Å². The SMILES string of the molecule is CC(C)c1cccc(C(C)C)c1Nc1ccccn1. The molecule has 1 aromatic carbocycles. The molecule has 0 amide bonds. The molecule has 0 bridgehead atoms. The van der Waals surface area contributed by atoms with Gasteiger partial charge in [0.25, 0.3) is 0 Å².